The van der Waals surface area contributed by atoms with Crippen molar-refractivity contribution in [2.45, 2.75) is 25.5 Å². The predicted octanol–water partition coefficient (Wildman–Crippen LogP) is 4.66. The van der Waals surface area contributed by atoms with Crippen molar-refractivity contribution < 1.29 is 23.8 Å². The van der Waals surface area contributed by atoms with Crippen molar-refractivity contribution in [2.24, 2.45) is 5.10 Å². The number of hydrogen-bond acceptors (Lipinski definition) is 6. The van der Waals surface area contributed by atoms with Gasteiger partial charge < -0.3 is 19.5 Å². The van der Waals surface area contributed by atoms with E-state index in [0.717, 1.165) is 5.56 Å². The van der Waals surface area contributed by atoms with E-state index < -0.39 is 24.0 Å². The first kappa shape index (κ1) is 27.8. The minimum absolute atomic E-state index is 0.249. The average Bonchev–Trinajstić information content (AvgIpc) is 2.90. The topological polar surface area (TPSA) is 98.2 Å². The number of hydrazone groups is 1. The van der Waals surface area contributed by atoms with Gasteiger partial charge in [0.1, 0.15) is 11.8 Å². The number of rotatable bonds is 11. The van der Waals surface area contributed by atoms with Crippen LogP contribution in [-0.2, 0) is 16.0 Å². The third-order valence-corrected chi connectivity index (χ3v) is 5.81. The number of methoxy groups -OCH3 is 2. The highest BCUT2D eigenvalue weighted by Gasteiger charge is 2.25. The number of amides is 2. The maximum absolute atomic E-state index is 13.0. The predicted molar refractivity (Wildman–Crippen MR) is 144 cm³/mol. The molecule has 3 rings (SSSR count). The maximum Gasteiger partial charge on any atom is 0.262 e. The molecule has 0 saturated heterocycles. The summed E-state index contributed by atoms with van der Waals surface area (Å²) in [6.07, 6.45) is 0.786. The molecule has 0 saturated carbocycles. The lowest BCUT2D eigenvalue weighted by Gasteiger charge is -2.21. The van der Waals surface area contributed by atoms with Crippen LogP contribution in [0.15, 0.2) is 71.8 Å². The molecule has 194 valence electrons. The van der Waals surface area contributed by atoms with Crippen molar-refractivity contribution >= 4 is 41.2 Å². The van der Waals surface area contributed by atoms with Gasteiger partial charge in [0.25, 0.3) is 11.8 Å². The largest absolute Gasteiger partial charge is 0.493 e. The third kappa shape index (κ3) is 8.13. The van der Waals surface area contributed by atoms with Crippen molar-refractivity contribution in [3.05, 3.63) is 87.9 Å². The van der Waals surface area contributed by atoms with Gasteiger partial charge in [-0.25, -0.2) is 5.43 Å². The molecule has 2 atom stereocenters. The van der Waals surface area contributed by atoms with Crippen LogP contribution in [0.4, 0.5) is 0 Å². The minimum atomic E-state index is -0.931. The Kier molecular flexibility index (Phi) is 10.2. The summed E-state index contributed by atoms with van der Waals surface area (Å²) in [5, 5.41) is 7.50. The molecule has 2 N–H and O–H groups in total. The van der Waals surface area contributed by atoms with E-state index in [-0.39, 0.29) is 11.4 Å². The summed E-state index contributed by atoms with van der Waals surface area (Å²) in [6, 6.07) is 18.3. The molecule has 0 heterocycles. The molecule has 37 heavy (non-hydrogen) atoms. The molecule has 3 aromatic carbocycles. The zero-order chi connectivity index (χ0) is 26.8. The normalized spacial score (nSPS) is 12.5. The van der Waals surface area contributed by atoms with Crippen LogP contribution in [0, 0.1) is 0 Å². The fraction of sp³-hybridized carbons (Fsp3) is 0.222. The fourth-order valence-electron chi connectivity index (χ4n) is 3.34. The zero-order valence-corrected chi connectivity index (χ0v) is 22.0. The van der Waals surface area contributed by atoms with Crippen LogP contribution >= 0.6 is 23.2 Å². The van der Waals surface area contributed by atoms with E-state index in [1.165, 1.54) is 19.4 Å². The van der Waals surface area contributed by atoms with Crippen LogP contribution < -0.4 is 25.0 Å². The van der Waals surface area contributed by atoms with Gasteiger partial charge in [0.2, 0.25) is 0 Å². The third-order valence-electron chi connectivity index (χ3n) is 5.28. The van der Waals surface area contributed by atoms with Gasteiger partial charge >= 0.3 is 0 Å². The lowest BCUT2D eigenvalue weighted by Crippen LogP contribution is -2.50. The minimum Gasteiger partial charge on any atom is -0.493 e. The van der Waals surface area contributed by atoms with Crippen LogP contribution in [0.25, 0.3) is 0 Å². The molecule has 10 heteroatoms. The molecule has 0 aromatic heterocycles. The average molecular weight is 544 g/mol. The molecule has 0 aliphatic rings. The van der Waals surface area contributed by atoms with E-state index in [9.17, 15) is 9.59 Å². The van der Waals surface area contributed by atoms with E-state index in [0.29, 0.717) is 27.8 Å². The van der Waals surface area contributed by atoms with Crippen molar-refractivity contribution in [2.75, 3.05) is 14.2 Å². The lowest BCUT2D eigenvalue weighted by atomic mass is 10.1. The second-order valence-electron chi connectivity index (χ2n) is 7.93. The number of carbonyl (C=O) groups is 2. The van der Waals surface area contributed by atoms with Gasteiger partial charge in [-0.15, -0.1) is 0 Å². The van der Waals surface area contributed by atoms with Crippen LogP contribution in [0.3, 0.4) is 0 Å². The first-order valence-corrected chi connectivity index (χ1v) is 12.1. The van der Waals surface area contributed by atoms with Crippen molar-refractivity contribution in [1.29, 1.82) is 0 Å². The molecule has 0 unspecified atom stereocenters. The Morgan fingerprint density at radius 3 is 2.30 bits per heavy atom. The molecule has 2 amide bonds. The Hall–Kier alpha value is -3.75. The summed E-state index contributed by atoms with van der Waals surface area (Å²) in [5.74, 6) is 0.418. The molecular weight excluding hydrogens is 517 g/mol. The molecule has 8 nitrogen and oxygen atoms in total. The number of ether oxygens (including phenoxy) is 3. The molecule has 3 aromatic rings. The number of nitrogens with one attached hydrogen (secondary N) is 2. The molecule has 0 aliphatic carbocycles. The summed E-state index contributed by atoms with van der Waals surface area (Å²) in [5.41, 5.74) is 4.04. The fourth-order valence-corrected chi connectivity index (χ4v) is 3.80. The number of nitrogens with zero attached hydrogens (tertiary/aromatic N) is 1. The lowest BCUT2D eigenvalue weighted by molar-refractivity contribution is -0.132. The monoisotopic (exact) mass is 543 g/mol. The first-order valence-electron chi connectivity index (χ1n) is 11.3. The SMILES string of the molecule is COc1ccc(/C=N\NC(=O)[C@H](Cc2ccccc2)NC(=O)[C@H](C)Oc2ccc(Cl)cc2Cl)cc1OC. The smallest absolute Gasteiger partial charge is 0.262 e. The van der Waals surface area contributed by atoms with Gasteiger partial charge in [0.15, 0.2) is 17.6 Å². The molecule has 0 spiro atoms. The van der Waals surface area contributed by atoms with Crippen molar-refractivity contribution in [3.63, 3.8) is 0 Å². The summed E-state index contributed by atoms with van der Waals surface area (Å²) in [6.45, 7) is 1.56. The van der Waals surface area contributed by atoms with Crippen molar-refractivity contribution in [3.8, 4) is 17.2 Å². The summed E-state index contributed by atoms with van der Waals surface area (Å²) < 4.78 is 16.2. The van der Waals surface area contributed by atoms with Crippen LogP contribution in [0.1, 0.15) is 18.1 Å². The number of carbonyl (C=O) groups excluding carboxylic acids is 2. The van der Waals surface area contributed by atoms with Crippen LogP contribution in [0.2, 0.25) is 10.0 Å². The Labute approximate surface area is 225 Å². The van der Waals surface area contributed by atoms with E-state index in [1.54, 1.807) is 44.4 Å². The van der Waals surface area contributed by atoms with Gasteiger partial charge in [0.05, 0.1) is 25.5 Å². The maximum atomic E-state index is 13.0. The zero-order valence-electron chi connectivity index (χ0n) is 20.5. The second kappa shape index (κ2) is 13.5. The summed E-state index contributed by atoms with van der Waals surface area (Å²) in [7, 11) is 3.08. The quantitative estimate of drug-likeness (QED) is 0.271. The summed E-state index contributed by atoms with van der Waals surface area (Å²) in [4.78, 5) is 25.9. The van der Waals surface area contributed by atoms with Gasteiger partial charge in [-0.3, -0.25) is 9.59 Å². The molecule has 0 bridgehead atoms. The Balaban J connectivity index is 1.70. The molecule has 0 fully saturated rings. The first-order chi connectivity index (χ1) is 17.8. The second-order valence-corrected chi connectivity index (χ2v) is 8.78. The Bertz CT molecular complexity index is 1250. The molecule has 0 radical (unpaired) electrons. The van der Waals surface area contributed by atoms with Crippen LogP contribution in [0.5, 0.6) is 17.2 Å². The number of hydrogen-bond donors (Lipinski definition) is 2. The Morgan fingerprint density at radius 2 is 1.62 bits per heavy atom. The number of benzene rings is 3. The van der Waals surface area contributed by atoms with E-state index in [4.69, 9.17) is 37.4 Å². The summed E-state index contributed by atoms with van der Waals surface area (Å²) >= 11 is 12.1. The van der Waals surface area contributed by atoms with Gasteiger partial charge in [0, 0.05) is 11.4 Å². The highest BCUT2D eigenvalue weighted by molar-refractivity contribution is 6.35. The van der Waals surface area contributed by atoms with Gasteiger partial charge in [-0.1, -0.05) is 53.5 Å². The van der Waals surface area contributed by atoms with Crippen LogP contribution in [-0.4, -0.2) is 44.4 Å². The Morgan fingerprint density at radius 1 is 0.919 bits per heavy atom. The van der Waals surface area contributed by atoms with Gasteiger partial charge in [-0.05, 0) is 54.4 Å². The highest BCUT2D eigenvalue weighted by atomic mass is 35.5. The van der Waals surface area contributed by atoms with E-state index in [2.05, 4.69) is 15.8 Å². The molecular formula is C27H27Cl2N3O5. The van der Waals surface area contributed by atoms with Gasteiger partial charge in [-0.2, -0.15) is 5.10 Å². The molecule has 0 aliphatic heterocycles. The van der Waals surface area contributed by atoms with Crippen molar-refractivity contribution in [1.82, 2.24) is 10.7 Å². The van der Waals surface area contributed by atoms with E-state index in [1.807, 2.05) is 30.3 Å². The highest BCUT2D eigenvalue weighted by Crippen LogP contribution is 2.28. The van der Waals surface area contributed by atoms with E-state index >= 15 is 0 Å². The number of halogens is 2. The standard InChI is InChI=1S/C27H27Cl2N3O5/c1-17(37-23-12-10-20(28)15-21(23)29)26(33)31-22(13-18-7-5-4-6-8-18)27(34)32-30-16-19-9-11-24(35-2)25(14-19)36-3/h4-12,14-17,22H,13H2,1-3H3,(H,31,33)(H,32,34)/b30-16-/t17-,22-/m0/s1.